The number of hydrogen-bond acceptors (Lipinski definition) is 1. The molecule has 2 bridgehead atoms. The Kier molecular flexibility index (Phi) is 1.96. The van der Waals surface area contributed by atoms with E-state index in [0.29, 0.717) is 5.54 Å². The smallest absolute Gasteiger partial charge is 0.0156 e. The van der Waals surface area contributed by atoms with Gasteiger partial charge in [0, 0.05) is 5.54 Å². The first-order chi connectivity index (χ1) is 6.67. The van der Waals surface area contributed by atoms with Crippen molar-refractivity contribution in [2.75, 3.05) is 6.54 Å². The molecule has 0 aromatic rings. The van der Waals surface area contributed by atoms with Crippen LogP contribution in [0.2, 0.25) is 0 Å². The molecular formula is C13H23N. The second-order valence-corrected chi connectivity index (χ2v) is 6.38. The van der Waals surface area contributed by atoms with Crippen LogP contribution in [0.25, 0.3) is 0 Å². The highest BCUT2D eigenvalue weighted by Crippen LogP contribution is 2.54. The summed E-state index contributed by atoms with van der Waals surface area (Å²) in [6.07, 6.45) is 7.64. The van der Waals surface area contributed by atoms with E-state index >= 15 is 0 Å². The van der Waals surface area contributed by atoms with Crippen molar-refractivity contribution in [3.63, 3.8) is 0 Å². The maximum absolute atomic E-state index is 3.68. The SMILES string of the molecule is CC1(C)NCCC1C1CC2CCC1C2. The predicted molar refractivity (Wildman–Crippen MR) is 59.1 cm³/mol. The van der Waals surface area contributed by atoms with Crippen molar-refractivity contribution in [1.82, 2.24) is 5.32 Å². The lowest BCUT2D eigenvalue weighted by Crippen LogP contribution is -2.42. The van der Waals surface area contributed by atoms with Crippen LogP contribution in [0.3, 0.4) is 0 Å². The Morgan fingerprint density at radius 2 is 1.93 bits per heavy atom. The fourth-order valence-electron chi connectivity index (χ4n) is 4.58. The second-order valence-electron chi connectivity index (χ2n) is 6.38. The highest BCUT2D eigenvalue weighted by molar-refractivity contribution is 5.02. The summed E-state index contributed by atoms with van der Waals surface area (Å²) < 4.78 is 0. The number of nitrogens with one attached hydrogen (secondary N) is 1. The molecule has 1 nitrogen and oxygen atoms in total. The van der Waals surface area contributed by atoms with E-state index in [1.54, 1.807) is 25.7 Å². The van der Waals surface area contributed by atoms with Crippen molar-refractivity contribution in [2.24, 2.45) is 23.7 Å². The van der Waals surface area contributed by atoms with Crippen LogP contribution in [-0.4, -0.2) is 12.1 Å². The van der Waals surface area contributed by atoms with E-state index < -0.39 is 0 Å². The zero-order valence-corrected chi connectivity index (χ0v) is 9.55. The molecule has 2 saturated carbocycles. The predicted octanol–water partition coefficient (Wildman–Crippen LogP) is 2.81. The van der Waals surface area contributed by atoms with Gasteiger partial charge in [-0.05, 0) is 69.7 Å². The number of fused-ring (bicyclic) bond motifs is 2. The van der Waals surface area contributed by atoms with Gasteiger partial charge in [0.25, 0.3) is 0 Å². The van der Waals surface area contributed by atoms with Crippen LogP contribution >= 0.6 is 0 Å². The van der Waals surface area contributed by atoms with Crippen LogP contribution in [-0.2, 0) is 0 Å². The van der Waals surface area contributed by atoms with Crippen molar-refractivity contribution in [1.29, 1.82) is 0 Å². The summed E-state index contributed by atoms with van der Waals surface area (Å²) in [7, 11) is 0. The van der Waals surface area contributed by atoms with Gasteiger partial charge in [-0.15, -0.1) is 0 Å². The van der Waals surface area contributed by atoms with Gasteiger partial charge in [-0.2, -0.15) is 0 Å². The van der Waals surface area contributed by atoms with Crippen LogP contribution in [0.5, 0.6) is 0 Å². The lowest BCUT2D eigenvalue weighted by molar-refractivity contribution is 0.168. The summed E-state index contributed by atoms with van der Waals surface area (Å²) in [5, 5.41) is 3.68. The molecule has 0 aromatic carbocycles. The van der Waals surface area contributed by atoms with Gasteiger partial charge in [0.15, 0.2) is 0 Å². The normalized spacial score (nSPS) is 50.1. The highest BCUT2D eigenvalue weighted by atomic mass is 15.0. The molecule has 4 unspecified atom stereocenters. The highest BCUT2D eigenvalue weighted by Gasteiger charge is 2.48. The fourth-order valence-corrected chi connectivity index (χ4v) is 4.58. The summed E-state index contributed by atoms with van der Waals surface area (Å²) in [6.45, 7) is 6.08. The van der Waals surface area contributed by atoms with Crippen LogP contribution < -0.4 is 5.32 Å². The van der Waals surface area contributed by atoms with E-state index in [-0.39, 0.29) is 0 Å². The first kappa shape index (κ1) is 9.21. The summed E-state index contributed by atoms with van der Waals surface area (Å²) in [6, 6.07) is 0. The van der Waals surface area contributed by atoms with E-state index in [9.17, 15) is 0 Å². The quantitative estimate of drug-likeness (QED) is 0.675. The molecule has 3 fully saturated rings. The van der Waals surface area contributed by atoms with Gasteiger partial charge in [0.05, 0.1) is 0 Å². The molecule has 1 N–H and O–H groups in total. The summed E-state index contributed by atoms with van der Waals surface area (Å²) >= 11 is 0. The third-order valence-electron chi connectivity index (χ3n) is 5.27. The van der Waals surface area contributed by atoms with Crippen molar-refractivity contribution in [3.05, 3.63) is 0 Å². The maximum atomic E-state index is 3.68. The molecule has 0 aromatic heterocycles. The molecule has 1 aliphatic heterocycles. The van der Waals surface area contributed by atoms with Gasteiger partial charge in [0.2, 0.25) is 0 Å². The van der Waals surface area contributed by atoms with Crippen molar-refractivity contribution in [3.8, 4) is 0 Å². The zero-order valence-electron chi connectivity index (χ0n) is 9.55. The Hall–Kier alpha value is -0.0400. The summed E-state index contributed by atoms with van der Waals surface area (Å²) in [5.74, 6) is 4.25. The molecule has 3 aliphatic rings. The molecule has 1 heteroatoms. The topological polar surface area (TPSA) is 12.0 Å². The molecule has 4 atom stereocenters. The van der Waals surface area contributed by atoms with Gasteiger partial charge in [-0.25, -0.2) is 0 Å². The van der Waals surface area contributed by atoms with Crippen LogP contribution in [0.4, 0.5) is 0 Å². The molecule has 3 rings (SSSR count). The molecule has 80 valence electrons. The standard InChI is InChI=1S/C13H23N/c1-13(2)12(5-6-14-13)11-8-9-3-4-10(11)7-9/h9-12,14H,3-8H2,1-2H3. The van der Waals surface area contributed by atoms with E-state index in [4.69, 9.17) is 0 Å². The molecule has 14 heavy (non-hydrogen) atoms. The van der Waals surface area contributed by atoms with Gasteiger partial charge in [-0.3, -0.25) is 0 Å². The molecule has 0 radical (unpaired) electrons. The summed E-state index contributed by atoms with van der Waals surface area (Å²) in [5.41, 5.74) is 0.426. The number of rotatable bonds is 1. The van der Waals surface area contributed by atoms with E-state index in [2.05, 4.69) is 19.2 Å². The molecular weight excluding hydrogens is 170 g/mol. The average molecular weight is 193 g/mol. The lowest BCUT2D eigenvalue weighted by Gasteiger charge is -2.36. The minimum atomic E-state index is 0.426. The van der Waals surface area contributed by atoms with Crippen LogP contribution in [0.15, 0.2) is 0 Å². The third kappa shape index (κ3) is 1.25. The van der Waals surface area contributed by atoms with Gasteiger partial charge < -0.3 is 5.32 Å². The van der Waals surface area contributed by atoms with Crippen molar-refractivity contribution < 1.29 is 0 Å². The molecule has 2 aliphatic carbocycles. The minimum Gasteiger partial charge on any atom is -0.311 e. The third-order valence-corrected chi connectivity index (χ3v) is 5.27. The van der Waals surface area contributed by atoms with Gasteiger partial charge >= 0.3 is 0 Å². The molecule has 1 heterocycles. The molecule has 1 saturated heterocycles. The summed E-state index contributed by atoms with van der Waals surface area (Å²) in [4.78, 5) is 0. The van der Waals surface area contributed by atoms with Gasteiger partial charge in [0.1, 0.15) is 0 Å². The van der Waals surface area contributed by atoms with Crippen LogP contribution in [0.1, 0.15) is 46.0 Å². The molecule has 0 spiro atoms. The minimum absolute atomic E-state index is 0.426. The maximum Gasteiger partial charge on any atom is 0.0156 e. The Morgan fingerprint density at radius 3 is 2.43 bits per heavy atom. The van der Waals surface area contributed by atoms with E-state index in [1.165, 1.54) is 13.0 Å². The Balaban J connectivity index is 1.77. The van der Waals surface area contributed by atoms with Crippen LogP contribution in [0, 0.1) is 23.7 Å². The molecule has 0 amide bonds. The van der Waals surface area contributed by atoms with Crippen molar-refractivity contribution in [2.45, 2.75) is 51.5 Å². The first-order valence-electron chi connectivity index (χ1n) is 6.42. The largest absolute Gasteiger partial charge is 0.311 e. The average Bonchev–Trinajstić information content (AvgIpc) is 2.77. The Bertz CT molecular complexity index is 233. The number of hydrogen-bond donors (Lipinski definition) is 1. The Labute approximate surface area is 87.7 Å². The zero-order chi connectivity index (χ0) is 9.76. The van der Waals surface area contributed by atoms with Crippen molar-refractivity contribution >= 4 is 0 Å². The van der Waals surface area contributed by atoms with E-state index in [0.717, 1.165) is 23.7 Å². The van der Waals surface area contributed by atoms with E-state index in [1.807, 2.05) is 0 Å². The lowest BCUT2D eigenvalue weighted by atomic mass is 9.72. The second kappa shape index (κ2) is 2.98. The Morgan fingerprint density at radius 1 is 1.07 bits per heavy atom. The fraction of sp³-hybridized carbons (Fsp3) is 1.00. The first-order valence-corrected chi connectivity index (χ1v) is 6.42. The monoisotopic (exact) mass is 193 g/mol. The van der Waals surface area contributed by atoms with Gasteiger partial charge in [-0.1, -0.05) is 6.42 Å².